The highest BCUT2D eigenvalue weighted by atomic mass is 16.4. The minimum absolute atomic E-state index is 0.0651. The molecule has 4 N–H and O–H groups in total. The fourth-order valence-electron chi connectivity index (χ4n) is 0.879. The Morgan fingerprint density at radius 3 is 2.33 bits per heavy atom. The molecule has 0 fully saturated rings. The number of carbonyl (C=O) groups excluding carboxylic acids is 1. The van der Waals surface area contributed by atoms with E-state index in [0.717, 1.165) is 0 Å². The number of rotatable bonds is 5. The molecule has 0 spiro atoms. The summed E-state index contributed by atoms with van der Waals surface area (Å²) in [5.74, 6) is -2.00. The van der Waals surface area contributed by atoms with Gasteiger partial charge < -0.3 is 15.9 Å². The Morgan fingerprint density at radius 2 is 2.00 bits per heavy atom. The van der Waals surface area contributed by atoms with Crippen molar-refractivity contribution >= 4 is 11.9 Å². The predicted octanol–water partition coefficient (Wildman–Crippen LogP) is -0.667. The Hall–Kier alpha value is -1.10. The van der Waals surface area contributed by atoms with E-state index in [1.54, 1.807) is 6.92 Å². The van der Waals surface area contributed by atoms with Crippen LogP contribution in [-0.4, -0.2) is 28.2 Å². The molecular weight excluding hydrogens is 162 g/mol. The molecule has 5 nitrogen and oxygen atoms in total. The van der Waals surface area contributed by atoms with Crippen molar-refractivity contribution < 1.29 is 19.8 Å². The number of aliphatic hydroxyl groups excluding tert-OH is 1. The van der Waals surface area contributed by atoms with Gasteiger partial charge in [-0.25, -0.2) is 0 Å². The maximum absolute atomic E-state index is 10.3. The summed E-state index contributed by atoms with van der Waals surface area (Å²) in [5.41, 5.74) is 4.78. The van der Waals surface area contributed by atoms with Crippen molar-refractivity contribution in [3.63, 3.8) is 0 Å². The molecule has 1 amide bonds. The van der Waals surface area contributed by atoms with E-state index in [1.807, 2.05) is 0 Å². The summed E-state index contributed by atoms with van der Waals surface area (Å²) < 4.78 is 0. The van der Waals surface area contributed by atoms with E-state index in [9.17, 15) is 9.59 Å². The lowest BCUT2D eigenvalue weighted by atomic mass is 10.00. The van der Waals surface area contributed by atoms with Crippen molar-refractivity contribution in [2.45, 2.75) is 25.9 Å². The SMILES string of the molecule is CC(CC(=O)O)CC(O)C(N)=O. The average molecular weight is 175 g/mol. The normalized spacial score (nSPS) is 15.2. The number of nitrogens with two attached hydrogens (primary N) is 1. The summed E-state index contributed by atoms with van der Waals surface area (Å²) in [5, 5.41) is 17.3. The topological polar surface area (TPSA) is 101 Å². The molecule has 0 saturated heterocycles. The van der Waals surface area contributed by atoms with E-state index in [0.29, 0.717) is 0 Å². The lowest BCUT2D eigenvalue weighted by Crippen LogP contribution is -2.30. The number of carbonyl (C=O) groups is 2. The van der Waals surface area contributed by atoms with Crippen LogP contribution in [0.25, 0.3) is 0 Å². The third-order valence-electron chi connectivity index (χ3n) is 1.48. The Bertz CT molecular complexity index is 180. The molecule has 2 unspecified atom stereocenters. The van der Waals surface area contributed by atoms with Crippen LogP contribution >= 0.6 is 0 Å². The Balaban J connectivity index is 3.76. The molecular formula is C7H13NO4. The number of aliphatic carboxylic acids is 1. The second kappa shape index (κ2) is 4.71. The molecule has 0 aliphatic heterocycles. The fourth-order valence-corrected chi connectivity index (χ4v) is 0.879. The first-order chi connectivity index (χ1) is 5.43. The summed E-state index contributed by atoms with van der Waals surface area (Å²) in [6.45, 7) is 1.64. The lowest BCUT2D eigenvalue weighted by Gasteiger charge is -2.11. The summed E-state index contributed by atoms with van der Waals surface area (Å²) in [4.78, 5) is 20.5. The molecule has 0 bridgehead atoms. The van der Waals surface area contributed by atoms with Crippen LogP contribution in [0, 0.1) is 5.92 Å². The third-order valence-corrected chi connectivity index (χ3v) is 1.48. The number of amides is 1. The summed E-state index contributed by atoms with van der Waals surface area (Å²) in [7, 11) is 0. The molecule has 0 aliphatic rings. The van der Waals surface area contributed by atoms with Crippen LogP contribution in [0.15, 0.2) is 0 Å². The summed E-state index contributed by atoms with van der Waals surface area (Å²) >= 11 is 0. The van der Waals surface area contributed by atoms with E-state index < -0.39 is 18.0 Å². The summed E-state index contributed by atoms with van der Waals surface area (Å²) in [6.07, 6.45) is -1.20. The zero-order chi connectivity index (χ0) is 9.72. The number of hydrogen-bond acceptors (Lipinski definition) is 3. The second-order valence-corrected chi connectivity index (χ2v) is 2.86. The molecule has 0 rings (SSSR count). The number of carboxylic acid groups (broad SMARTS) is 1. The van der Waals surface area contributed by atoms with E-state index in [4.69, 9.17) is 15.9 Å². The van der Waals surface area contributed by atoms with Gasteiger partial charge in [0.05, 0.1) is 0 Å². The molecule has 0 aromatic heterocycles. The van der Waals surface area contributed by atoms with Crippen LogP contribution in [0.3, 0.4) is 0 Å². The Labute approximate surface area is 70.2 Å². The van der Waals surface area contributed by atoms with Gasteiger partial charge >= 0.3 is 5.97 Å². The van der Waals surface area contributed by atoms with Crippen molar-refractivity contribution in [1.82, 2.24) is 0 Å². The van der Waals surface area contributed by atoms with Gasteiger partial charge in [-0.15, -0.1) is 0 Å². The van der Waals surface area contributed by atoms with E-state index in [-0.39, 0.29) is 18.8 Å². The first-order valence-corrected chi connectivity index (χ1v) is 3.62. The number of carboxylic acids is 1. The molecule has 0 saturated carbocycles. The maximum Gasteiger partial charge on any atom is 0.303 e. The maximum atomic E-state index is 10.3. The number of aliphatic hydroxyl groups is 1. The first-order valence-electron chi connectivity index (χ1n) is 3.62. The van der Waals surface area contributed by atoms with Crippen molar-refractivity contribution in [2.75, 3.05) is 0 Å². The van der Waals surface area contributed by atoms with Gasteiger partial charge in [0, 0.05) is 6.42 Å². The lowest BCUT2D eigenvalue weighted by molar-refractivity contribution is -0.138. The average Bonchev–Trinajstić information content (AvgIpc) is 1.84. The van der Waals surface area contributed by atoms with Gasteiger partial charge in [-0.3, -0.25) is 9.59 Å². The monoisotopic (exact) mass is 175 g/mol. The summed E-state index contributed by atoms with van der Waals surface area (Å²) in [6, 6.07) is 0. The van der Waals surface area contributed by atoms with Gasteiger partial charge in [0.15, 0.2) is 0 Å². The largest absolute Gasteiger partial charge is 0.481 e. The van der Waals surface area contributed by atoms with E-state index >= 15 is 0 Å². The van der Waals surface area contributed by atoms with Gasteiger partial charge in [0.1, 0.15) is 6.10 Å². The highest BCUT2D eigenvalue weighted by molar-refractivity contribution is 5.78. The standard InChI is InChI=1S/C7H13NO4/c1-4(3-6(10)11)2-5(9)7(8)12/h4-5,9H,2-3H2,1H3,(H2,8,12)(H,10,11). The van der Waals surface area contributed by atoms with Crippen LogP contribution in [0.1, 0.15) is 19.8 Å². The van der Waals surface area contributed by atoms with E-state index in [2.05, 4.69) is 0 Å². The highest BCUT2D eigenvalue weighted by Gasteiger charge is 2.16. The molecule has 70 valence electrons. The molecule has 0 radical (unpaired) electrons. The highest BCUT2D eigenvalue weighted by Crippen LogP contribution is 2.09. The van der Waals surface area contributed by atoms with Crippen molar-refractivity contribution in [3.05, 3.63) is 0 Å². The first kappa shape index (κ1) is 10.9. The Morgan fingerprint density at radius 1 is 1.50 bits per heavy atom. The van der Waals surface area contributed by atoms with Crippen LogP contribution in [0.5, 0.6) is 0 Å². The van der Waals surface area contributed by atoms with Gasteiger partial charge in [-0.05, 0) is 12.3 Å². The zero-order valence-electron chi connectivity index (χ0n) is 6.86. The minimum atomic E-state index is -1.24. The van der Waals surface area contributed by atoms with Crippen molar-refractivity contribution in [2.24, 2.45) is 11.7 Å². The minimum Gasteiger partial charge on any atom is -0.481 e. The molecule has 5 heteroatoms. The van der Waals surface area contributed by atoms with Crippen LogP contribution in [-0.2, 0) is 9.59 Å². The molecule has 0 aromatic carbocycles. The van der Waals surface area contributed by atoms with Gasteiger partial charge in [-0.2, -0.15) is 0 Å². The van der Waals surface area contributed by atoms with Gasteiger partial charge in [0.25, 0.3) is 0 Å². The number of primary amides is 1. The van der Waals surface area contributed by atoms with E-state index in [1.165, 1.54) is 0 Å². The van der Waals surface area contributed by atoms with Gasteiger partial charge in [0.2, 0.25) is 5.91 Å². The Kier molecular flexibility index (Phi) is 4.28. The third kappa shape index (κ3) is 4.68. The molecule has 0 heterocycles. The van der Waals surface area contributed by atoms with Crippen molar-refractivity contribution in [1.29, 1.82) is 0 Å². The molecule has 0 aromatic rings. The smallest absolute Gasteiger partial charge is 0.303 e. The fraction of sp³-hybridized carbons (Fsp3) is 0.714. The van der Waals surface area contributed by atoms with Crippen LogP contribution in [0.2, 0.25) is 0 Å². The van der Waals surface area contributed by atoms with Crippen LogP contribution in [0.4, 0.5) is 0 Å². The van der Waals surface area contributed by atoms with Crippen LogP contribution < -0.4 is 5.73 Å². The number of hydrogen-bond donors (Lipinski definition) is 3. The zero-order valence-corrected chi connectivity index (χ0v) is 6.86. The molecule has 12 heavy (non-hydrogen) atoms. The quantitative estimate of drug-likeness (QED) is 0.516. The van der Waals surface area contributed by atoms with Gasteiger partial charge in [-0.1, -0.05) is 6.92 Å². The predicted molar refractivity (Wildman–Crippen MR) is 41.2 cm³/mol. The molecule has 0 aliphatic carbocycles. The van der Waals surface area contributed by atoms with Crippen molar-refractivity contribution in [3.8, 4) is 0 Å². The molecule has 2 atom stereocenters. The second-order valence-electron chi connectivity index (χ2n) is 2.86.